The standard InChI is InChI=1S/C41H43ClN6O6S.C22H28N2O5.C19H17ClN4O2S.2CH4/c1-23-24(2)55-41-34(23)36(26-15-17-27(42)18-16-26)43-30(37-46-45-25(3)47(37)41)22-28(49)12-9-7-5-4-6-8-10-21-54-32-14-11-13-29-35(32)40(53)48(39(29)52)31-19-20-33(50)44-38(31)51;1-2-3-4-5-6-7-8-14-29-17-11-9-10-15-19(17)22(28)24(21(15)27)16-12-13-18(25)23-20(16)26;1-9-10(2)27-19-16(9)17(12-4-6-13(20)7-5-12)21-14(8-15(25)26)18-23-22-11(3)24(18)19;;/h11,13-18,30-31H,4-10,12,19-22H2,1-3H3,(H,44,50,51);9-11,16H,2-8,12-14H2,1H3,(H,23,25,26);4-7,14H,8H2,1-3H3,(H,25,26);2*1H4/t30-,31?;;14-;;/m0.0../s1. The number of aryl methyl sites for hydroxylation is 4. The molecule has 8 aromatic rings. The summed E-state index contributed by atoms with van der Waals surface area (Å²) in [5, 5.41) is 34.5. The summed E-state index contributed by atoms with van der Waals surface area (Å²) in [5.41, 5.74) is 8.60. The maximum absolute atomic E-state index is 13.4. The zero-order valence-electron chi connectivity index (χ0n) is 63.0. The van der Waals surface area contributed by atoms with Crippen LogP contribution in [0.3, 0.4) is 0 Å². The molecule has 2 saturated heterocycles. The Bertz CT molecular complexity index is 5020. The molecular weight excluding hydrogens is 1520 g/mol. The van der Waals surface area contributed by atoms with E-state index < -0.39 is 71.5 Å². The number of carboxylic acid groups (broad SMARTS) is 1. The van der Waals surface area contributed by atoms with Crippen LogP contribution < -0.4 is 20.1 Å². The van der Waals surface area contributed by atoms with Gasteiger partial charge in [0, 0.05) is 67.7 Å². The Morgan fingerprint density at radius 3 is 1.28 bits per heavy atom. The molecule has 0 spiro atoms. The number of hydrogen-bond donors (Lipinski definition) is 3. The van der Waals surface area contributed by atoms with Crippen molar-refractivity contribution in [3.05, 3.63) is 184 Å². The van der Waals surface area contributed by atoms with E-state index in [9.17, 15) is 53.1 Å². The van der Waals surface area contributed by atoms with E-state index >= 15 is 0 Å². The first-order chi connectivity index (χ1) is 53.4. The normalized spacial score (nSPS) is 17.2. The fraction of sp³-hybridized carbons (Fsp3) is 0.429. The summed E-state index contributed by atoms with van der Waals surface area (Å²) < 4.78 is 15.8. The molecule has 14 rings (SSSR count). The number of aliphatic carboxylic acids is 1. The van der Waals surface area contributed by atoms with Gasteiger partial charge < -0.3 is 14.6 Å². The molecule has 2 unspecified atom stereocenters. The molecule has 6 aliphatic rings. The second kappa shape index (κ2) is 38.1. The fourth-order valence-electron chi connectivity index (χ4n) is 14.7. The summed E-state index contributed by atoms with van der Waals surface area (Å²) in [6, 6.07) is 21.9. The molecule has 8 amide bonds. The van der Waals surface area contributed by atoms with Crippen molar-refractivity contribution >= 4 is 116 Å². The molecule has 113 heavy (non-hydrogen) atoms. The number of thiophene rings is 2. The Labute approximate surface area is 675 Å². The number of nitrogens with one attached hydrogen (secondary N) is 2. The van der Waals surface area contributed by atoms with Crippen molar-refractivity contribution in [3.8, 4) is 21.5 Å². The molecule has 25 nitrogen and oxygen atoms in total. The molecule has 4 aromatic carbocycles. The van der Waals surface area contributed by atoms with Crippen molar-refractivity contribution in [1.82, 2.24) is 50.0 Å². The van der Waals surface area contributed by atoms with Crippen molar-refractivity contribution in [1.29, 1.82) is 0 Å². The topological polar surface area (TPSA) is 326 Å². The van der Waals surface area contributed by atoms with Crippen LogP contribution in [0.15, 0.2) is 94.9 Å². The van der Waals surface area contributed by atoms with E-state index in [0.29, 0.717) is 52.8 Å². The highest BCUT2D eigenvalue weighted by molar-refractivity contribution is 7.15. The first-order valence-corrected chi connectivity index (χ1v) is 40.2. The Hall–Kier alpha value is -10.2. The third-order valence-electron chi connectivity index (χ3n) is 20.7. The quantitative estimate of drug-likeness (QED) is 0.0303. The zero-order chi connectivity index (χ0) is 78.9. The van der Waals surface area contributed by atoms with E-state index in [1.165, 1.54) is 35.4 Å². The SMILES string of the molecule is C.C.CCCCCCCCCOc1cccc2c1C(=O)N(C1CCC(=O)NC1=O)C2=O.Cc1sc2c(c1C)C(c1ccc(Cl)cc1)=N[C@@H](CC(=O)CCCCCCCCCOc1cccc3c1C(=O)N(C1CCC(=O)NC1=O)C3=O)c1nnc(C)n1-2.Cc1sc2c(c1C)C(c1ccc(Cl)cc1)=N[C@@H](CC(=O)O)c1nnc(C)n1-2. The highest BCUT2D eigenvalue weighted by Crippen LogP contribution is 2.43. The zero-order valence-corrected chi connectivity index (χ0v) is 66.2. The molecule has 0 bridgehead atoms. The molecule has 2 fully saturated rings. The fourth-order valence-corrected chi connectivity index (χ4v) is 17.4. The molecule has 6 aliphatic heterocycles. The summed E-state index contributed by atoms with van der Waals surface area (Å²) >= 11 is 15.6. The minimum atomic E-state index is -1.02. The van der Waals surface area contributed by atoms with Gasteiger partial charge in [-0.1, -0.05) is 152 Å². The lowest BCUT2D eigenvalue weighted by Crippen LogP contribution is -2.54. The van der Waals surface area contributed by atoms with Gasteiger partial charge in [0.15, 0.2) is 11.6 Å². The number of halogens is 2. The minimum absolute atomic E-state index is 0. The average molecular weight is 1620 g/mol. The summed E-state index contributed by atoms with van der Waals surface area (Å²) in [4.78, 5) is 139. The number of amides is 8. The molecule has 3 N–H and O–H groups in total. The van der Waals surface area contributed by atoms with Crippen LogP contribution in [0.5, 0.6) is 11.5 Å². The lowest BCUT2D eigenvalue weighted by molar-refractivity contribution is -0.138. The van der Waals surface area contributed by atoms with Crippen LogP contribution in [-0.2, 0) is 28.8 Å². The Morgan fingerprint density at radius 2 is 0.885 bits per heavy atom. The van der Waals surface area contributed by atoms with Gasteiger partial charge in [0.25, 0.3) is 23.6 Å². The van der Waals surface area contributed by atoms with E-state index in [1.807, 2.05) is 66.9 Å². The Morgan fingerprint density at radius 1 is 0.496 bits per heavy atom. The van der Waals surface area contributed by atoms with E-state index in [0.717, 1.165) is 140 Å². The largest absolute Gasteiger partial charge is 0.493 e. The smallest absolute Gasteiger partial charge is 0.306 e. The van der Waals surface area contributed by atoms with Gasteiger partial charge in [-0.05, 0) is 133 Å². The molecule has 29 heteroatoms. The Kier molecular flexibility index (Phi) is 28.7. The first-order valence-electron chi connectivity index (χ1n) is 37.8. The highest BCUT2D eigenvalue weighted by Gasteiger charge is 2.48. The monoisotopic (exact) mass is 1610 g/mol. The number of piperidine rings is 2. The van der Waals surface area contributed by atoms with Gasteiger partial charge in [-0.25, -0.2) is 0 Å². The Balaban J connectivity index is 0.000000196. The number of rotatable bonds is 28. The van der Waals surface area contributed by atoms with Crippen LogP contribution >= 0.6 is 45.9 Å². The molecular formula is C84H96Cl2N12O13S2. The number of nitrogens with zero attached hydrogens (tertiary/aromatic N) is 10. The number of ether oxygens (including phenoxy) is 2. The summed E-state index contributed by atoms with van der Waals surface area (Å²) in [7, 11) is 0. The van der Waals surface area contributed by atoms with E-state index in [-0.39, 0.29) is 87.3 Å². The predicted octanol–water partition coefficient (Wildman–Crippen LogP) is 16.1. The number of hydrogen-bond acceptors (Lipinski definition) is 20. The van der Waals surface area contributed by atoms with Gasteiger partial charge >= 0.3 is 5.97 Å². The van der Waals surface area contributed by atoms with E-state index in [4.69, 9.17) is 42.7 Å². The molecule has 0 aliphatic carbocycles. The second-order valence-electron chi connectivity index (χ2n) is 28.4. The number of aromatic nitrogens is 6. The van der Waals surface area contributed by atoms with Crippen LogP contribution in [0.2, 0.25) is 10.0 Å². The third-order valence-corrected chi connectivity index (χ3v) is 23.6. The number of Topliss-reactive ketones (excluding diaryl/α,β-unsaturated/α-hetero) is 1. The number of fused-ring (bicyclic) bond motifs is 8. The summed E-state index contributed by atoms with van der Waals surface area (Å²) in [6.45, 7) is 15.2. The van der Waals surface area contributed by atoms with Crippen molar-refractivity contribution in [2.24, 2.45) is 9.98 Å². The van der Waals surface area contributed by atoms with E-state index in [2.05, 4.69) is 70.2 Å². The van der Waals surface area contributed by atoms with Crippen molar-refractivity contribution in [2.45, 2.75) is 222 Å². The van der Waals surface area contributed by atoms with Crippen LogP contribution in [0.1, 0.15) is 277 Å². The van der Waals surface area contributed by atoms with Crippen molar-refractivity contribution in [2.75, 3.05) is 13.2 Å². The third kappa shape index (κ3) is 18.7. The van der Waals surface area contributed by atoms with Gasteiger partial charge in [0.2, 0.25) is 23.6 Å². The minimum Gasteiger partial charge on any atom is -0.493 e. The van der Waals surface area contributed by atoms with Gasteiger partial charge in [0.05, 0.1) is 53.3 Å². The maximum atomic E-state index is 13.4. The number of carbonyl (C=O) groups is 10. The predicted molar refractivity (Wildman–Crippen MR) is 434 cm³/mol. The first kappa shape index (κ1) is 85.2. The van der Waals surface area contributed by atoms with Gasteiger partial charge in [-0.2, -0.15) is 0 Å². The average Bonchev–Trinajstić information content (AvgIpc) is 1.62. The summed E-state index contributed by atoms with van der Waals surface area (Å²) in [5.74, 6) is -1.57. The second-order valence-corrected chi connectivity index (χ2v) is 31.7. The van der Waals surface area contributed by atoms with Gasteiger partial charge in [-0.15, -0.1) is 43.1 Å². The lowest BCUT2D eigenvalue weighted by Gasteiger charge is -2.27. The number of unbranched alkanes of at least 4 members (excludes halogenated alkanes) is 12. The number of imide groups is 4. The highest BCUT2D eigenvalue weighted by atomic mass is 35.5. The van der Waals surface area contributed by atoms with Gasteiger partial charge in [-0.3, -0.25) is 87.5 Å². The number of benzene rings is 4. The number of ketones is 1. The molecule has 10 heterocycles. The number of aliphatic imine (C=N–C) groups is 2. The molecule has 4 atom stereocenters. The molecule has 0 saturated carbocycles. The van der Waals surface area contributed by atoms with Crippen LogP contribution in [-0.4, -0.2) is 140 Å². The number of carboxylic acids is 1. The van der Waals surface area contributed by atoms with Crippen LogP contribution in [0.4, 0.5) is 0 Å². The molecule has 596 valence electrons. The van der Waals surface area contributed by atoms with Crippen molar-refractivity contribution < 1.29 is 62.5 Å². The maximum Gasteiger partial charge on any atom is 0.306 e. The van der Waals surface area contributed by atoms with Crippen LogP contribution in [0.25, 0.3) is 10.0 Å². The van der Waals surface area contributed by atoms with Gasteiger partial charge in [0.1, 0.15) is 63.1 Å². The lowest BCUT2D eigenvalue weighted by atomic mass is 9.99. The van der Waals surface area contributed by atoms with Crippen LogP contribution in [0, 0.1) is 41.5 Å². The van der Waals surface area contributed by atoms with E-state index in [1.54, 1.807) is 59.1 Å². The summed E-state index contributed by atoms with van der Waals surface area (Å²) in [6.07, 6.45) is 15.6. The number of carbonyl (C=O) groups excluding carboxylic acids is 9. The van der Waals surface area contributed by atoms with Crippen molar-refractivity contribution in [3.63, 3.8) is 0 Å². The molecule has 4 aromatic heterocycles. The molecule has 0 radical (unpaired) electrons.